The normalized spacial score (nSPS) is 11.3. The van der Waals surface area contributed by atoms with Crippen LogP contribution in [0.1, 0.15) is 5.56 Å². The van der Waals surface area contributed by atoms with E-state index in [2.05, 4.69) is 4.98 Å². The maximum Gasteiger partial charge on any atom is 0.417 e. The third kappa shape index (κ3) is 2.30. The molecule has 5 heteroatoms. The number of nitrogens with zero attached hydrogens (tertiary/aromatic N) is 1. The highest BCUT2D eigenvalue weighted by Crippen LogP contribution is 2.39. The molecule has 1 aromatic carbocycles. The molecular formula is C13H10F3NO. The van der Waals surface area contributed by atoms with Crippen LogP contribution in [-0.2, 0) is 6.18 Å². The molecule has 0 atom stereocenters. The van der Waals surface area contributed by atoms with Crippen LogP contribution in [0.3, 0.4) is 0 Å². The molecule has 0 bridgehead atoms. The molecule has 0 spiro atoms. The van der Waals surface area contributed by atoms with Crippen molar-refractivity contribution in [3.8, 4) is 17.0 Å². The lowest BCUT2D eigenvalue weighted by Gasteiger charge is -2.14. The highest BCUT2D eigenvalue weighted by Gasteiger charge is 2.33. The number of benzene rings is 1. The molecule has 1 aromatic heterocycles. The first-order valence-electron chi connectivity index (χ1n) is 5.19. The van der Waals surface area contributed by atoms with Crippen molar-refractivity contribution in [2.45, 2.75) is 6.18 Å². The Morgan fingerprint density at radius 3 is 2.33 bits per heavy atom. The number of alkyl halides is 3. The highest BCUT2D eigenvalue weighted by molar-refractivity contribution is 5.72. The topological polar surface area (TPSA) is 22.1 Å². The molecule has 2 aromatic rings. The average Bonchev–Trinajstić information content (AvgIpc) is 2.37. The van der Waals surface area contributed by atoms with Gasteiger partial charge in [-0.25, -0.2) is 4.98 Å². The zero-order valence-corrected chi connectivity index (χ0v) is 9.53. The van der Waals surface area contributed by atoms with Crippen LogP contribution in [0.15, 0.2) is 42.6 Å². The summed E-state index contributed by atoms with van der Waals surface area (Å²) < 4.78 is 43.7. The molecule has 2 nitrogen and oxygen atoms in total. The third-order valence-corrected chi connectivity index (χ3v) is 2.49. The Balaban J connectivity index is 2.65. The summed E-state index contributed by atoms with van der Waals surface area (Å²) in [5.41, 5.74) is -0.306. The lowest BCUT2D eigenvalue weighted by atomic mass is 10.0. The third-order valence-electron chi connectivity index (χ3n) is 2.49. The predicted molar refractivity (Wildman–Crippen MR) is 61.2 cm³/mol. The Bertz CT molecular complexity index is 552. The number of rotatable bonds is 2. The van der Waals surface area contributed by atoms with Gasteiger partial charge in [-0.3, -0.25) is 0 Å². The summed E-state index contributed by atoms with van der Waals surface area (Å²) in [7, 11) is 1.38. The minimum atomic E-state index is -4.41. The summed E-state index contributed by atoms with van der Waals surface area (Å²) in [5.74, 6) is 0.175. The van der Waals surface area contributed by atoms with Gasteiger partial charge in [0.15, 0.2) is 0 Å². The lowest BCUT2D eigenvalue weighted by molar-refractivity contribution is -0.137. The second-order valence-electron chi connectivity index (χ2n) is 3.60. The molecule has 0 amide bonds. The minimum absolute atomic E-state index is 0.0648. The van der Waals surface area contributed by atoms with Crippen molar-refractivity contribution < 1.29 is 17.9 Å². The Kier molecular flexibility index (Phi) is 3.23. The number of hydrogen-bond donors (Lipinski definition) is 0. The summed E-state index contributed by atoms with van der Waals surface area (Å²) in [6.07, 6.45) is -2.93. The van der Waals surface area contributed by atoms with Crippen LogP contribution in [0.2, 0.25) is 0 Å². The Hall–Kier alpha value is -2.04. The zero-order valence-electron chi connectivity index (χ0n) is 9.53. The number of ether oxygens (including phenoxy) is 1. The zero-order chi connectivity index (χ0) is 13.2. The van der Waals surface area contributed by atoms with Gasteiger partial charge >= 0.3 is 6.18 Å². The molecule has 0 aliphatic rings. The lowest BCUT2D eigenvalue weighted by Crippen LogP contribution is -2.07. The maximum absolute atomic E-state index is 12.9. The number of methoxy groups -OCH3 is 1. The molecule has 0 saturated carbocycles. The minimum Gasteiger partial charge on any atom is -0.481 e. The van der Waals surface area contributed by atoms with E-state index in [-0.39, 0.29) is 11.4 Å². The van der Waals surface area contributed by atoms with E-state index in [1.54, 1.807) is 18.2 Å². The van der Waals surface area contributed by atoms with Crippen LogP contribution >= 0.6 is 0 Å². The van der Waals surface area contributed by atoms with E-state index in [9.17, 15) is 13.2 Å². The van der Waals surface area contributed by atoms with Gasteiger partial charge in [0.25, 0.3) is 0 Å². The highest BCUT2D eigenvalue weighted by atomic mass is 19.4. The van der Waals surface area contributed by atoms with Crippen molar-refractivity contribution in [3.63, 3.8) is 0 Å². The average molecular weight is 253 g/mol. The van der Waals surface area contributed by atoms with Gasteiger partial charge in [-0.15, -0.1) is 0 Å². The van der Waals surface area contributed by atoms with Crippen molar-refractivity contribution >= 4 is 0 Å². The molecule has 0 unspecified atom stereocenters. The van der Waals surface area contributed by atoms with Crippen molar-refractivity contribution in [2.24, 2.45) is 0 Å². The van der Waals surface area contributed by atoms with Gasteiger partial charge in [0.2, 0.25) is 5.88 Å². The number of halogens is 3. The molecule has 94 valence electrons. The quantitative estimate of drug-likeness (QED) is 0.812. The summed E-state index contributed by atoms with van der Waals surface area (Å²) in [5, 5.41) is 0. The van der Waals surface area contributed by atoms with Gasteiger partial charge in [-0.05, 0) is 23.8 Å². The van der Waals surface area contributed by atoms with Crippen LogP contribution in [0, 0.1) is 0 Å². The van der Waals surface area contributed by atoms with Crippen LogP contribution in [0.5, 0.6) is 5.88 Å². The van der Waals surface area contributed by atoms with Crippen molar-refractivity contribution in [1.82, 2.24) is 4.98 Å². The standard InChI is InChI=1S/C13H10F3NO/c1-18-12-10(6-4-8-17-12)9-5-2-3-7-11(9)13(14,15)16/h2-8H,1H3. The largest absolute Gasteiger partial charge is 0.481 e. The Labute approximate surface area is 102 Å². The molecule has 0 aliphatic heterocycles. The van der Waals surface area contributed by atoms with E-state index in [0.29, 0.717) is 5.56 Å². The fourth-order valence-electron chi connectivity index (χ4n) is 1.72. The fraction of sp³-hybridized carbons (Fsp3) is 0.154. The van der Waals surface area contributed by atoms with Gasteiger partial charge in [-0.1, -0.05) is 18.2 Å². The van der Waals surface area contributed by atoms with E-state index in [4.69, 9.17) is 4.74 Å². The van der Waals surface area contributed by atoms with Gasteiger partial charge in [0, 0.05) is 11.8 Å². The van der Waals surface area contributed by atoms with Gasteiger partial charge < -0.3 is 4.74 Å². The predicted octanol–water partition coefficient (Wildman–Crippen LogP) is 3.78. The molecule has 0 N–H and O–H groups in total. The molecule has 1 heterocycles. The smallest absolute Gasteiger partial charge is 0.417 e. The summed E-state index contributed by atoms with van der Waals surface area (Å²) in [6.45, 7) is 0. The van der Waals surface area contributed by atoms with E-state index >= 15 is 0 Å². The molecule has 0 aliphatic carbocycles. The Morgan fingerprint density at radius 2 is 1.67 bits per heavy atom. The van der Waals surface area contributed by atoms with E-state index in [1.807, 2.05) is 0 Å². The molecule has 18 heavy (non-hydrogen) atoms. The van der Waals surface area contributed by atoms with Crippen LogP contribution in [0.4, 0.5) is 13.2 Å². The van der Waals surface area contributed by atoms with E-state index in [0.717, 1.165) is 6.07 Å². The summed E-state index contributed by atoms with van der Waals surface area (Å²) in [6, 6.07) is 8.48. The first-order valence-corrected chi connectivity index (χ1v) is 5.19. The monoisotopic (exact) mass is 253 g/mol. The van der Waals surface area contributed by atoms with E-state index < -0.39 is 11.7 Å². The van der Waals surface area contributed by atoms with Gasteiger partial charge in [-0.2, -0.15) is 13.2 Å². The summed E-state index contributed by atoms with van der Waals surface area (Å²) >= 11 is 0. The molecule has 0 saturated heterocycles. The van der Waals surface area contributed by atoms with Crippen molar-refractivity contribution in [3.05, 3.63) is 48.2 Å². The molecule has 2 rings (SSSR count). The van der Waals surface area contributed by atoms with Crippen molar-refractivity contribution in [1.29, 1.82) is 0 Å². The van der Waals surface area contributed by atoms with Crippen molar-refractivity contribution in [2.75, 3.05) is 7.11 Å². The molecular weight excluding hydrogens is 243 g/mol. The second kappa shape index (κ2) is 4.68. The number of hydrogen-bond acceptors (Lipinski definition) is 2. The maximum atomic E-state index is 12.9. The fourth-order valence-corrected chi connectivity index (χ4v) is 1.72. The number of pyridine rings is 1. The van der Waals surface area contributed by atoms with Gasteiger partial charge in [0.05, 0.1) is 12.7 Å². The molecule has 0 fully saturated rings. The van der Waals surface area contributed by atoms with E-state index in [1.165, 1.54) is 25.4 Å². The summed E-state index contributed by atoms with van der Waals surface area (Å²) in [4.78, 5) is 3.91. The van der Waals surface area contributed by atoms with Crippen LogP contribution in [0.25, 0.3) is 11.1 Å². The SMILES string of the molecule is COc1ncccc1-c1ccccc1C(F)(F)F. The van der Waals surface area contributed by atoms with Gasteiger partial charge in [0.1, 0.15) is 0 Å². The first-order chi connectivity index (χ1) is 8.54. The first kappa shape index (κ1) is 12.4. The second-order valence-corrected chi connectivity index (χ2v) is 3.60. The number of aromatic nitrogens is 1. The Morgan fingerprint density at radius 1 is 1.00 bits per heavy atom. The van der Waals surface area contributed by atoms with Crippen LogP contribution in [-0.4, -0.2) is 12.1 Å². The molecule has 0 radical (unpaired) electrons. The van der Waals surface area contributed by atoms with Crippen LogP contribution < -0.4 is 4.74 Å².